The Balaban J connectivity index is 1.72. The number of ether oxygens (including phenoxy) is 1. The highest BCUT2D eigenvalue weighted by Gasteiger charge is 2.22. The zero-order valence-electron chi connectivity index (χ0n) is 19.1. The zero-order chi connectivity index (χ0) is 22.8. The summed E-state index contributed by atoms with van der Waals surface area (Å²) < 4.78 is 5.33. The Morgan fingerprint density at radius 3 is 2.53 bits per heavy atom. The standard InChI is InChI=1S/C25H35N5O2/c1-3-27-25(28-17-19-8-7-9-21(16-19)24(26)31)29-18-23(30-14-5-4-6-15-30)20-10-12-22(32-2)13-11-20/h7-13,16,23H,3-6,14-15,17-18H2,1-2H3,(H2,26,31)(H2,27,28,29). The van der Waals surface area contributed by atoms with Crippen LogP contribution in [-0.2, 0) is 6.54 Å². The maximum Gasteiger partial charge on any atom is 0.248 e. The van der Waals surface area contributed by atoms with Crippen LogP contribution in [0.3, 0.4) is 0 Å². The predicted molar refractivity (Wildman–Crippen MR) is 129 cm³/mol. The molecule has 0 saturated carbocycles. The predicted octanol–water partition coefficient (Wildman–Crippen LogP) is 3.08. The van der Waals surface area contributed by atoms with Crippen molar-refractivity contribution in [3.8, 4) is 5.75 Å². The van der Waals surface area contributed by atoms with E-state index in [1.54, 1.807) is 19.2 Å². The van der Waals surface area contributed by atoms with Crippen LogP contribution in [0.15, 0.2) is 53.5 Å². The fourth-order valence-corrected chi connectivity index (χ4v) is 4.04. The third-order valence-corrected chi connectivity index (χ3v) is 5.77. The van der Waals surface area contributed by atoms with Gasteiger partial charge in [-0.25, -0.2) is 4.99 Å². The third kappa shape index (κ3) is 6.72. The van der Waals surface area contributed by atoms with Crippen LogP contribution in [0.4, 0.5) is 0 Å². The van der Waals surface area contributed by atoms with Gasteiger partial charge in [-0.2, -0.15) is 0 Å². The van der Waals surface area contributed by atoms with Gasteiger partial charge in [-0.1, -0.05) is 30.7 Å². The lowest BCUT2D eigenvalue weighted by Gasteiger charge is -2.35. The van der Waals surface area contributed by atoms with Crippen LogP contribution in [0.1, 0.15) is 53.7 Å². The summed E-state index contributed by atoms with van der Waals surface area (Å²) in [6, 6.07) is 15.9. The van der Waals surface area contributed by atoms with Crippen molar-refractivity contribution >= 4 is 11.9 Å². The van der Waals surface area contributed by atoms with Crippen LogP contribution in [0.25, 0.3) is 0 Å². The van der Waals surface area contributed by atoms with E-state index in [9.17, 15) is 4.79 Å². The number of nitrogens with two attached hydrogens (primary N) is 1. The molecule has 2 aromatic rings. The molecule has 1 amide bonds. The quantitative estimate of drug-likeness (QED) is 0.414. The Kier molecular flexibility index (Phi) is 8.92. The SMILES string of the molecule is CCNC(=NCc1cccc(C(N)=O)c1)NCC(c1ccc(OC)cc1)N1CCCCC1. The molecular weight excluding hydrogens is 402 g/mol. The van der Waals surface area contributed by atoms with Crippen LogP contribution < -0.4 is 21.1 Å². The first-order valence-corrected chi connectivity index (χ1v) is 11.4. The van der Waals surface area contributed by atoms with Gasteiger partial charge >= 0.3 is 0 Å². The van der Waals surface area contributed by atoms with Crippen molar-refractivity contribution in [1.82, 2.24) is 15.5 Å². The molecule has 0 spiro atoms. The summed E-state index contributed by atoms with van der Waals surface area (Å²) in [7, 11) is 1.69. The fourth-order valence-electron chi connectivity index (χ4n) is 4.04. The Morgan fingerprint density at radius 2 is 1.88 bits per heavy atom. The molecule has 32 heavy (non-hydrogen) atoms. The molecule has 1 aliphatic rings. The lowest BCUT2D eigenvalue weighted by molar-refractivity contribution is 0.1000. The van der Waals surface area contributed by atoms with E-state index in [2.05, 4.69) is 34.6 Å². The van der Waals surface area contributed by atoms with Crippen LogP contribution in [0.2, 0.25) is 0 Å². The average molecular weight is 438 g/mol. The van der Waals surface area contributed by atoms with Crippen molar-refractivity contribution in [3.05, 3.63) is 65.2 Å². The van der Waals surface area contributed by atoms with Gasteiger partial charge in [0.05, 0.1) is 19.7 Å². The normalized spacial score (nSPS) is 15.8. The monoisotopic (exact) mass is 437 g/mol. The smallest absolute Gasteiger partial charge is 0.248 e. The van der Waals surface area contributed by atoms with Crippen LogP contribution in [0.5, 0.6) is 5.75 Å². The second-order valence-electron chi connectivity index (χ2n) is 8.03. The minimum absolute atomic E-state index is 0.253. The summed E-state index contributed by atoms with van der Waals surface area (Å²) in [4.78, 5) is 18.7. The van der Waals surface area contributed by atoms with Crippen LogP contribution in [-0.4, -0.2) is 50.1 Å². The largest absolute Gasteiger partial charge is 0.497 e. The second-order valence-corrected chi connectivity index (χ2v) is 8.03. The van der Waals surface area contributed by atoms with Gasteiger partial charge in [-0.3, -0.25) is 9.69 Å². The first-order valence-electron chi connectivity index (χ1n) is 11.4. The number of nitrogens with zero attached hydrogens (tertiary/aromatic N) is 2. The third-order valence-electron chi connectivity index (χ3n) is 5.77. The number of benzene rings is 2. The maximum absolute atomic E-state index is 11.4. The van der Waals surface area contributed by atoms with E-state index in [1.165, 1.54) is 24.8 Å². The van der Waals surface area contributed by atoms with Gasteiger partial charge in [0, 0.05) is 18.7 Å². The number of guanidine groups is 1. The number of rotatable bonds is 9. The molecule has 7 heteroatoms. The van der Waals surface area contributed by atoms with Gasteiger partial charge in [-0.05, 0) is 68.2 Å². The molecule has 0 aromatic heterocycles. The molecule has 1 heterocycles. The van der Waals surface area contributed by atoms with Gasteiger partial charge in [0.1, 0.15) is 5.75 Å². The molecule has 1 aliphatic heterocycles. The Morgan fingerprint density at radius 1 is 1.12 bits per heavy atom. The molecule has 0 radical (unpaired) electrons. The summed E-state index contributed by atoms with van der Waals surface area (Å²) in [6.07, 6.45) is 3.77. The van der Waals surface area contributed by atoms with Crippen molar-refractivity contribution < 1.29 is 9.53 Å². The topological polar surface area (TPSA) is 92.0 Å². The number of aliphatic imine (C=N–C) groups is 1. The highest BCUT2D eigenvalue weighted by atomic mass is 16.5. The van der Waals surface area contributed by atoms with E-state index in [0.29, 0.717) is 12.1 Å². The number of piperidine rings is 1. The van der Waals surface area contributed by atoms with Crippen LogP contribution in [0, 0.1) is 0 Å². The first kappa shape index (κ1) is 23.6. The highest BCUT2D eigenvalue weighted by molar-refractivity contribution is 5.92. The number of hydrogen-bond donors (Lipinski definition) is 3. The lowest BCUT2D eigenvalue weighted by Crippen LogP contribution is -2.44. The van der Waals surface area contributed by atoms with Gasteiger partial charge < -0.3 is 21.1 Å². The van der Waals surface area contributed by atoms with Crippen molar-refractivity contribution in [2.24, 2.45) is 10.7 Å². The van der Waals surface area contributed by atoms with Gasteiger partial charge in [0.2, 0.25) is 5.91 Å². The number of methoxy groups -OCH3 is 1. The molecule has 1 unspecified atom stereocenters. The minimum Gasteiger partial charge on any atom is -0.497 e. The molecule has 1 saturated heterocycles. The maximum atomic E-state index is 11.4. The van der Waals surface area contributed by atoms with Crippen molar-refractivity contribution in [1.29, 1.82) is 0 Å². The number of amides is 1. The second kappa shape index (κ2) is 12.1. The van der Waals surface area contributed by atoms with E-state index in [1.807, 2.05) is 24.3 Å². The number of hydrogen-bond acceptors (Lipinski definition) is 4. The van der Waals surface area contributed by atoms with Crippen molar-refractivity contribution in [2.75, 3.05) is 33.3 Å². The van der Waals surface area contributed by atoms with Crippen LogP contribution >= 0.6 is 0 Å². The fraction of sp³-hybridized carbons (Fsp3) is 0.440. The number of carbonyl (C=O) groups is 1. The molecule has 4 N–H and O–H groups in total. The molecule has 3 rings (SSSR count). The highest BCUT2D eigenvalue weighted by Crippen LogP contribution is 2.25. The molecule has 0 bridgehead atoms. The van der Waals surface area contributed by atoms with Gasteiger partial charge in [-0.15, -0.1) is 0 Å². The molecule has 2 aromatic carbocycles. The Bertz CT molecular complexity index is 891. The zero-order valence-corrected chi connectivity index (χ0v) is 19.1. The minimum atomic E-state index is -0.426. The average Bonchev–Trinajstić information content (AvgIpc) is 2.83. The van der Waals surface area contributed by atoms with E-state index in [0.717, 1.165) is 43.5 Å². The van der Waals surface area contributed by atoms with Crippen molar-refractivity contribution in [2.45, 2.75) is 38.8 Å². The van der Waals surface area contributed by atoms with Gasteiger partial charge in [0.15, 0.2) is 5.96 Å². The Labute approximate surface area is 191 Å². The summed E-state index contributed by atoms with van der Waals surface area (Å²) in [5.74, 6) is 1.20. The molecule has 7 nitrogen and oxygen atoms in total. The lowest BCUT2D eigenvalue weighted by atomic mass is 10.0. The molecule has 1 atom stereocenters. The van der Waals surface area contributed by atoms with E-state index in [4.69, 9.17) is 15.5 Å². The van der Waals surface area contributed by atoms with Crippen molar-refractivity contribution in [3.63, 3.8) is 0 Å². The molecule has 172 valence electrons. The molecule has 0 aliphatic carbocycles. The number of nitrogens with one attached hydrogen (secondary N) is 2. The van der Waals surface area contributed by atoms with Gasteiger partial charge in [0.25, 0.3) is 0 Å². The summed E-state index contributed by atoms with van der Waals surface area (Å²) in [6.45, 7) is 6.24. The molecular formula is C25H35N5O2. The molecule has 1 fully saturated rings. The summed E-state index contributed by atoms with van der Waals surface area (Å²) in [5.41, 5.74) is 8.11. The van der Waals surface area contributed by atoms with E-state index < -0.39 is 5.91 Å². The number of carbonyl (C=O) groups excluding carboxylic acids is 1. The number of primary amides is 1. The summed E-state index contributed by atoms with van der Waals surface area (Å²) >= 11 is 0. The summed E-state index contributed by atoms with van der Waals surface area (Å²) in [5, 5.41) is 6.85. The van der Waals surface area contributed by atoms with E-state index >= 15 is 0 Å². The van der Waals surface area contributed by atoms with E-state index in [-0.39, 0.29) is 6.04 Å². The number of likely N-dealkylation sites (tertiary alicyclic amines) is 1. The first-order chi connectivity index (χ1) is 15.6. The Hall–Kier alpha value is -3.06.